The maximum atomic E-state index is 11.7. The van der Waals surface area contributed by atoms with Crippen LogP contribution in [-0.2, 0) is 9.53 Å². The van der Waals surface area contributed by atoms with Gasteiger partial charge in [-0.25, -0.2) is 4.79 Å². The van der Waals surface area contributed by atoms with Crippen LogP contribution >= 0.6 is 0 Å². The van der Waals surface area contributed by atoms with Gasteiger partial charge in [0.2, 0.25) is 5.91 Å². The molecule has 2 rings (SSSR count). The lowest BCUT2D eigenvalue weighted by atomic mass is 9.88. The molecule has 0 aromatic heterocycles. The summed E-state index contributed by atoms with van der Waals surface area (Å²) in [6.45, 7) is 4.12. The average Bonchev–Trinajstić information content (AvgIpc) is 2.41. The Hall–Kier alpha value is -1.88. The summed E-state index contributed by atoms with van der Waals surface area (Å²) in [6.07, 6.45) is 0. The highest BCUT2D eigenvalue weighted by Crippen LogP contribution is 2.36. The first-order chi connectivity index (χ1) is 8.95. The molecular formula is C14H18N2O3. The van der Waals surface area contributed by atoms with Crippen molar-refractivity contribution in [2.45, 2.75) is 19.9 Å². The van der Waals surface area contributed by atoms with E-state index in [-0.39, 0.29) is 17.9 Å². The van der Waals surface area contributed by atoms with Crippen molar-refractivity contribution in [2.24, 2.45) is 11.7 Å². The smallest absolute Gasteiger partial charge is 0.337 e. The van der Waals surface area contributed by atoms with Gasteiger partial charge in [-0.2, -0.15) is 0 Å². The zero-order valence-corrected chi connectivity index (χ0v) is 11.3. The number of hydrogen-bond donors (Lipinski definition) is 1. The van der Waals surface area contributed by atoms with Crippen LogP contribution in [0.4, 0.5) is 5.69 Å². The molecule has 2 atom stereocenters. The largest absolute Gasteiger partial charge is 0.465 e. The molecule has 0 saturated carbocycles. The van der Waals surface area contributed by atoms with E-state index in [0.29, 0.717) is 12.1 Å². The molecule has 0 unspecified atom stereocenters. The summed E-state index contributed by atoms with van der Waals surface area (Å²) in [7, 11) is 1.34. The van der Waals surface area contributed by atoms with Crippen LogP contribution in [0.1, 0.15) is 35.8 Å². The normalized spacial score (nSPS) is 21.8. The van der Waals surface area contributed by atoms with E-state index in [1.165, 1.54) is 14.0 Å². The fourth-order valence-electron chi connectivity index (χ4n) is 2.42. The van der Waals surface area contributed by atoms with Crippen LogP contribution in [0.2, 0.25) is 0 Å². The lowest BCUT2D eigenvalue weighted by molar-refractivity contribution is -0.116. The summed E-state index contributed by atoms with van der Waals surface area (Å²) in [4.78, 5) is 24.9. The minimum atomic E-state index is -0.400. The van der Waals surface area contributed by atoms with Gasteiger partial charge in [0.05, 0.1) is 12.7 Å². The first-order valence-electron chi connectivity index (χ1n) is 6.21. The highest BCUT2D eigenvalue weighted by molar-refractivity contribution is 5.95. The van der Waals surface area contributed by atoms with E-state index in [9.17, 15) is 9.59 Å². The monoisotopic (exact) mass is 262 g/mol. The number of amides is 1. The van der Waals surface area contributed by atoms with Gasteiger partial charge >= 0.3 is 5.97 Å². The molecule has 5 nitrogen and oxygen atoms in total. The van der Waals surface area contributed by atoms with Crippen LogP contribution in [0.25, 0.3) is 0 Å². The third kappa shape index (κ3) is 2.33. The number of methoxy groups -OCH3 is 1. The van der Waals surface area contributed by atoms with Crippen LogP contribution in [0.3, 0.4) is 0 Å². The van der Waals surface area contributed by atoms with Crippen LogP contribution in [-0.4, -0.2) is 25.5 Å². The summed E-state index contributed by atoms with van der Waals surface area (Å²) < 4.78 is 4.70. The van der Waals surface area contributed by atoms with E-state index >= 15 is 0 Å². The van der Waals surface area contributed by atoms with E-state index in [1.54, 1.807) is 23.1 Å². The van der Waals surface area contributed by atoms with Crippen LogP contribution < -0.4 is 10.6 Å². The molecule has 5 heteroatoms. The molecule has 0 bridgehead atoms. The Kier molecular flexibility index (Phi) is 3.57. The second-order valence-corrected chi connectivity index (χ2v) is 4.90. The molecule has 1 heterocycles. The predicted molar refractivity (Wildman–Crippen MR) is 71.9 cm³/mol. The Labute approximate surface area is 112 Å². The number of nitrogens with two attached hydrogens (primary N) is 1. The first-order valence-corrected chi connectivity index (χ1v) is 6.21. The van der Waals surface area contributed by atoms with E-state index < -0.39 is 5.97 Å². The maximum Gasteiger partial charge on any atom is 0.337 e. The van der Waals surface area contributed by atoms with Gasteiger partial charge in [0.1, 0.15) is 0 Å². The molecule has 0 spiro atoms. The molecule has 1 amide bonds. The number of carbonyl (C=O) groups excluding carboxylic acids is 2. The molecule has 1 aliphatic rings. The van der Waals surface area contributed by atoms with E-state index in [4.69, 9.17) is 10.5 Å². The van der Waals surface area contributed by atoms with E-state index in [0.717, 1.165) is 11.3 Å². The minimum absolute atomic E-state index is 0.0224. The molecule has 19 heavy (non-hydrogen) atoms. The highest BCUT2D eigenvalue weighted by atomic mass is 16.5. The van der Waals surface area contributed by atoms with Crippen LogP contribution in [0.15, 0.2) is 18.2 Å². The second kappa shape index (κ2) is 5.01. The molecule has 0 radical (unpaired) electrons. The van der Waals surface area contributed by atoms with E-state index in [1.807, 2.05) is 6.92 Å². The number of rotatable bonds is 1. The number of nitrogens with zero attached hydrogens (tertiary/aromatic N) is 1. The Bertz CT molecular complexity index is 527. The van der Waals surface area contributed by atoms with Gasteiger partial charge in [-0.15, -0.1) is 0 Å². The Balaban J connectivity index is 2.51. The second-order valence-electron chi connectivity index (χ2n) is 4.90. The SMILES string of the molecule is COC(=O)c1ccc2c(c1)[C@@H](N)[C@H](C)CN2C(C)=O. The first kappa shape index (κ1) is 13.5. The van der Waals surface area contributed by atoms with E-state index in [2.05, 4.69) is 0 Å². The van der Waals surface area contributed by atoms with Gasteiger partial charge in [-0.05, 0) is 29.7 Å². The van der Waals surface area contributed by atoms with Crippen molar-refractivity contribution in [3.05, 3.63) is 29.3 Å². The van der Waals surface area contributed by atoms with Crippen molar-refractivity contribution in [3.8, 4) is 0 Å². The zero-order chi connectivity index (χ0) is 14.2. The fourth-order valence-corrected chi connectivity index (χ4v) is 2.42. The number of anilines is 1. The summed E-state index contributed by atoms with van der Waals surface area (Å²) in [5.41, 5.74) is 8.23. The molecule has 1 aliphatic heterocycles. The highest BCUT2D eigenvalue weighted by Gasteiger charge is 2.30. The van der Waals surface area contributed by atoms with Gasteiger partial charge in [0, 0.05) is 25.2 Å². The molecule has 102 valence electrons. The van der Waals surface area contributed by atoms with Crippen molar-refractivity contribution in [1.29, 1.82) is 0 Å². The minimum Gasteiger partial charge on any atom is -0.465 e. The Morgan fingerprint density at radius 2 is 2.11 bits per heavy atom. The van der Waals surface area contributed by atoms with Crippen LogP contribution in [0.5, 0.6) is 0 Å². The number of carbonyl (C=O) groups is 2. The quantitative estimate of drug-likeness (QED) is 0.778. The molecule has 0 saturated heterocycles. The Morgan fingerprint density at radius 1 is 1.42 bits per heavy atom. The van der Waals surface area contributed by atoms with Gasteiger partial charge in [-0.3, -0.25) is 4.79 Å². The Morgan fingerprint density at radius 3 is 2.68 bits per heavy atom. The molecule has 1 aromatic carbocycles. The van der Waals surface area contributed by atoms with Crippen LogP contribution in [0, 0.1) is 5.92 Å². The lowest BCUT2D eigenvalue weighted by Gasteiger charge is -2.36. The van der Waals surface area contributed by atoms with Crippen molar-refractivity contribution in [3.63, 3.8) is 0 Å². The molecule has 2 N–H and O–H groups in total. The van der Waals surface area contributed by atoms with Gasteiger partial charge in [-0.1, -0.05) is 6.92 Å². The molecule has 1 aromatic rings. The lowest BCUT2D eigenvalue weighted by Crippen LogP contribution is -2.42. The standard InChI is InChI=1S/C14H18N2O3/c1-8-7-16(9(2)17)12-5-4-10(14(18)19-3)6-11(12)13(8)15/h4-6,8,13H,7,15H2,1-3H3/t8-,13+/m1/s1. The van der Waals surface area contributed by atoms with Gasteiger partial charge in [0.15, 0.2) is 0 Å². The summed E-state index contributed by atoms with van der Waals surface area (Å²) >= 11 is 0. The van der Waals surface area contributed by atoms with Gasteiger partial charge in [0.25, 0.3) is 0 Å². The van der Waals surface area contributed by atoms with Crippen molar-refractivity contribution in [2.75, 3.05) is 18.6 Å². The molecule has 0 aliphatic carbocycles. The number of ether oxygens (including phenoxy) is 1. The maximum absolute atomic E-state index is 11.7. The predicted octanol–water partition coefficient (Wildman–Crippen LogP) is 1.48. The third-order valence-electron chi connectivity index (χ3n) is 3.56. The third-order valence-corrected chi connectivity index (χ3v) is 3.56. The number of hydrogen-bond acceptors (Lipinski definition) is 4. The number of esters is 1. The topological polar surface area (TPSA) is 72.6 Å². The number of benzene rings is 1. The van der Waals surface area contributed by atoms with Crippen molar-refractivity contribution < 1.29 is 14.3 Å². The fraction of sp³-hybridized carbons (Fsp3) is 0.429. The van der Waals surface area contributed by atoms with Crippen molar-refractivity contribution >= 4 is 17.6 Å². The molecule has 0 fully saturated rings. The zero-order valence-electron chi connectivity index (χ0n) is 11.3. The summed E-state index contributed by atoms with van der Waals surface area (Å²) in [5, 5.41) is 0. The average molecular weight is 262 g/mol. The van der Waals surface area contributed by atoms with Gasteiger partial charge < -0.3 is 15.4 Å². The van der Waals surface area contributed by atoms with Crippen molar-refractivity contribution in [1.82, 2.24) is 0 Å². The summed E-state index contributed by atoms with van der Waals surface area (Å²) in [5.74, 6) is -0.280. The number of fused-ring (bicyclic) bond motifs is 1. The molecular weight excluding hydrogens is 244 g/mol. The summed E-state index contributed by atoms with van der Waals surface area (Å²) in [6, 6.07) is 4.95.